The minimum Gasteiger partial charge on any atom is -0.445 e. The van der Waals surface area contributed by atoms with E-state index in [-0.39, 0.29) is 12.4 Å². The molecular weight excluding hydrogens is 186 g/mol. The summed E-state index contributed by atoms with van der Waals surface area (Å²) in [4.78, 5) is 4.34. The van der Waals surface area contributed by atoms with Crippen LogP contribution in [0.25, 0.3) is 0 Å². The lowest BCUT2D eigenvalue weighted by Gasteiger charge is -2.04. The van der Waals surface area contributed by atoms with Crippen molar-refractivity contribution in [2.75, 3.05) is 0 Å². The maximum Gasteiger partial charge on any atom is 0.200 e. The molecule has 13 heavy (non-hydrogen) atoms. The van der Waals surface area contributed by atoms with Crippen molar-refractivity contribution in [3.8, 4) is 0 Å². The topological polar surface area (TPSA) is 26.0 Å². The number of rotatable bonds is 1. The molecule has 2 aliphatic rings. The lowest BCUT2D eigenvalue weighted by Crippen LogP contribution is -2.04. The molecule has 1 aromatic heterocycles. The quantitative estimate of drug-likeness (QED) is 0.695. The van der Waals surface area contributed by atoms with Crippen LogP contribution in [0, 0.1) is 12.8 Å². The van der Waals surface area contributed by atoms with Crippen LogP contribution >= 0.6 is 12.4 Å². The first kappa shape index (κ1) is 9.07. The summed E-state index contributed by atoms with van der Waals surface area (Å²) in [6.07, 6.45) is 7.23. The van der Waals surface area contributed by atoms with E-state index in [1.165, 1.54) is 25.7 Å². The Morgan fingerprint density at radius 1 is 1.62 bits per heavy atom. The summed E-state index contributed by atoms with van der Waals surface area (Å²) in [6.45, 7) is 1.97. The summed E-state index contributed by atoms with van der Waals surface area (Å²) in [6, 6.07) is 0. The highest BCUT2D eigenvalue weighted by atomic mass is 35.5. The van der Waals surface area contributed by atoms with E-state index in [2.05, 4.69) is 4.98 Å². The van der Waals surface area contributed by atoms with Crippen LogP contribution in [0.2, 0.25) is 0 Å². The summed E-state index contributed by atoms with van der Waals surface area (Å²) in [7, 11) is 0. The van der Waals surface area contributed by atoms with Crippen molar-refractivity contribution in [1.82, 2.24) is 4.98 Å². The van der Waals surface area contributed by atoms with Gasteiger partial charge < -0.3 is 4.42 Å². The van der Waals surface area contributed by atoms with Gasteiger partial charge in [0, 0.05) is 0 Å². The van der Waals surface area contributed by atoms with Gasteiger partial charge in [-0.05, 0) is 32.1 Å². The average molecular weight is 200 g/mol. The van der Waals surface area contributed by atoms with Crippen molar-refractivity contribution < 1.29 is 4.42 Å². The van der Waals surface area contributed by atoms with Crippen LogP contribution in [0.3, 0.4) is 0 Å². The van der Waals surface area contributed by atoms with Crippen LogP contribution in [0.15, 0.2) is 10.6 Å². The second-order valence-corrected chi connectivity index (χ2v) is 4.23. The van der Waals surface area contributed by atoms with E-state index < -0.39 is 0 Å². The molecule has 2 nitrogen and oxygen atoms in total. The molecule has 0 saturated heterocycles. The third-order valence-corrected chi connectivity index (χ3v) is 3.45. The van der Waals surface area contributed by atoms with Crippen molar-refractivity contribution in [3.05, 3.63) is 17.8 Å². The van der Waals surface area contributed by atoms with Gasteiger partial charge in [-0.2, -0.15) is 0 Å². The molecule has 2 atom stereocenters. The zero-order chi connectivity index (χ0) is 8.18. The molecule has 3 rings (SSSR count). The Kier molecular flexibility index (Phi) is 1.91. The van der Waals surface area contributed by atoms with Crippen LogP contribution in [0.5, 0.6) is 0 Å². The molecule has 1 heterocycles. The number of fused-ring (bicyclic) bond motifs is 1. The fourth-order valence-corrected chi connectivity index (χ4v) is 2.68. The number of halogens is 1. The summed E-state index contributed by atoms with van der Waals surface area (Å²) in [5, 5.41) is 0. The highest BCUT2D eigenvalue weighted by Gasteiger charge is 2.60. The third kappa shape index (κ3) is 1.12. The fraction of sp³-hybridized carbons (Fsp3) is 0.700. The number of aromatic nitrogens is 1. The second-order valence-electron chi connectivity index (χ2n) is 4.23. The Labute approximate surface area is 84.1 Å². The van der Waals surface area contributed by atoms with Crippen molar-refractivity contribution in [1.29, 1.82) is 0 Å². The maximum absolute atomic E-state index is 5.60. The Morgan fingerprint density at radius 2 is 2.46 bits per heavy atom. The summed E-state index contributed by atoms with van der Waals surface area (Å²) < 4.78 is 5.60. The molecule has 0 N–H and O–H groups in total. The van der Waals surface area contributed by atoms with E-state index in [1.54, 1.807) is 0 Å². The molecule has 0 spiro atoms. The van der Waals surface area contributed by atoms with Gasteiger partial charge in [-0.1, -0.05) is 6.42 Å². The van der Waals surface area contributed by atoms with Crippen molar-refractivity contribution in [2.24, 2.45) is 5.92 Å². The van der Waals surface area contributed by atoms with Crippen LogP contribution < -0.4 is 0 Å². The van der Waals surface area contributed by atoms with Crippen molar-refractivity contribution in [2.45, 2.75) is 38.0 Å². The van der Waals surface area contributed by atoms with Gasteiger partial charge in [0.2, 0.25) is 5.89 Å². The van der Waals surface area contributed by atoms with Gasteiger partial charge in [0.05, 0.1) is 11.6 Å². The fourth-order valence-electron chi connectivity index (χ4n) is 2.68. The molecule has 2 aliphatic carbocycles. The zero-order valence-corrected chi connectivity index (χ0v) is 8.56. The molecule has 0 aliphatic heterocycles. The summed E-state index contributed by atoms with van der Waals surface area (Å²) >= 11 is 0. The van der Waals surface area contributed by atoms with Crippen LogP contribution in [-0.2, 0) is 5.41 Å². The Bertz CT molecular complexity index is 322. The van der Waals surface area contributed by atoms with Crippen molar-refractivity contribution in [3.63, 3.8) is 0 Å². The molecule has 1 aromatic rings. The molecule has 0 aromatic carbocycles. The molecule has 0 radical (unpaired) electrons. The minimum absolute atomic E-state index is 0. The van der Waals surface area contributed by atoms with Gasteiger partial charge in [-0.15, -0.1) is 12.4 Å². The number of hydrogen-bond donors (Lipinski definition) is 0. The predicted molar refractivity (Wildman–Crippen MR) is 52.1 cm³/mol. The van der Waals surface area contributed by atoms with Crippen LogP contribution in [0.1, 0.15) is 37.3 Å². The molecular formula is C10H14ClNO. The minimum atomic E-state index is 0. The van der Waals surface area contributed by atoms with E-state index in [1.807, 2.05) is 13.1 Å². The first-order chi connectivity index (χ1) is 5.81. The molecule has 3 heteroatoms. The van der Waals surface area contributed by atoms with Crippen LogP contribution in [-0.4, -0.2) is 4.98 Å². The number of oxazole rings is 1. The van der Waals surface area contributed by atoms with Gasteiger partial charge in [0.1, 0.15) is 5.76 Å². The van der Waals surface area contributed by atoms with Gasteiger partial charge >= 0.3 is 0 Å². The van der Waals surface area contributed by atoms with E-state index in [0.717, 1.165) is 17.6 Å². The highest BCUT2D eigenvalue weighted by Crippen LogP contribution is 2.63. The standard InChI is InChI=1S/C10H13NO.ClH/c1-7-6-11-9(12-7)10-4-2-3-8(10)5-10;/h6,8H,2-5H2,1H3;1H. The van der Waals surface area contributed by atoms with E-state index in [0.29, 0.717) is 5.41 Å². The first-order valence-corrected chi connectivity index (χ1v) is 4.74. The Balaban J connectivity index is 0.000000653. The second kappa shape index (κ2) is 2.74. The molecule has 72 valence electrons. The lowest BCUT2D eigenvalue weighted by atomic mass is 10.0. The van der Waals surface area contributed by atoms with Crippen LogP contribution in [0.4, 0.5) is 0 Å². The molecule has 0 amide bonds. The molecule has 0 bridgehead atoms. The van der Waals surface area contributed by atoms with E-state index >= 15 is 0 Å². The van der Waals surface area contributed by atoms with Crippen molar-refractivity contribution >= 4 is 12.4 Å². The van der Waals surface area contributed by atoms with E-state index in [9.17, 15) is 0 Å². The SMILES string of the molecule is Cc1cnc(C23CCCC2C3)o1.Cl. The van der Waals surface area contributed by atoms with E-state index in [4.69, 9.17) is 4.42 Å². The molecule has 2 fully saturated rings. The monoisotopic (exact) mass is 199 g/mol. The highest BCUT2D eigenvalue weighted by molar-refractivity contribution is 5.85. The Hall–Kier alpha value is -0.500. The third-order valence-electron chi connectivity index (χ3n) is 3.45. The summed E-state index contributed by atoms with van der Waals surface area (Å²) in [5.74, 6) is 2.87. The molecule has 2 unspecified atom stereocenters. The maximum atomic E-state index is 5.60. The number of hydrogen-bond acceptors (Lipinski definition) is 2. The zero-order valence-electron chi connectivity index (χ0n) is 7.75. The molecule has 2 saturated carbocycles. The van der Waals surface area contributed by atoms with Gasteiger partial charge in [0.25, 0.3) is 0 Å². The van der Waals surface area contributed by atoms with Gasteiger partial charge in [0.15, 0.2) is 0 Å². The largest absolute Gasteiger partial charge is 0.445 e. The lowest BCUT2D eigenvalue weighted by molar-refractivity contribution is 0.409. The van der Waals surface area contributed by atoms with Gasteiger partial charge in [-0.25, -0.2) is 4.98 Å². The average Bonchev–Trinajstić information content (AvgIpc) is 2.50. The normalized spacial score (nSPS) is 35.3. The predicted octanol–water partition coefficient (Wildman–Crippen LogP) is 2.85. The smallest absolute Gasteiger partial charge is 0.200 e. The number of aryl methyl sites for hydroxylation is 1. The Morgan fingerprint density at radius 3 is 2.92 bits per heavy atom. The first-order valence-electron chi connectivity index (χ1n) is 4.74. The number of nitrogens with zero attached hydrogens (tertiary/aromatic N) is 1. The van der Waals surface area contributed by atoms with Gasteiger partial charge in [-0.3, -0.25) is 0 Å². The summed E-state index contributed by atoms with van der Waals surface area (Å²) in [5.41, 5.74) is 0.397.